The van der Waals surface area contributed by atoms with Crippen LogP contribution in [0.25, 0.3) is 16.9 Å². The normalized spacial score (nSPS) is 21.8. The molecule has 0 unspecified atom stereocenters. The molecule has 2 N–H and O–H groups in total. The van der Waals surface area contributed by atoms with Gasteiger partial charge in [0.2, 0.25) is 5.95 Å². The molecule has 4 atom stereocenters. The Kier molecular flexibility index (Phi) is 10.7. The molecule has 0 radical (unpaired) electrons. The lowest BCUT2D eigenvalue weighted by Crippen LogP contribution is -2.54. The molecule has 268 valence electrons. The number of nitrogen functional groups attached to an aromatic ring is 1. The standard InChI is InChI=1S/C34H58BrN5O5Si3/c1-32(2,3)46(10,11)42-20-24-26(44-47(12,13)33(4,5)6)27(45-48(14,15)34(7,8)9)30(43-24)39-21-37-25-28(39)38-31(36)40(29(25)41)23-18-16-22(35)17-19-23/h16-19,21,24,26-27,30H,20H2,1-15H3,(H2,36,38)/t24-,26-,27-,30-/m1/s1. The topological polar surface area (TPSA) is 116 Å². The molecule has 1 saturated heterocycles. The van der Waals surface area contributed by atoms with Crippen molar-refractivity contribution in [1.29, 1.82) is 0 Å². The zero-order chi connectivity index (χ0) is 36.4. The Morgan fingerprint density at radius 3 is 1.83 bits per heavy atom. The number of imidazole rings is 1. The maximum Gasteiger partial charge on any atom is 0.287 e. The van der Waals surface area contributed by atoms with Gasteiger partial charge in [-0.05, 0) is 78.7 Å². The first-order chi connectivity index (χ1) is 21.7. The van der Waals surface area contributed by atoms with E-state index in [0.717, 1.165) is 4.47 Å². The molecule has 0 aliphatic carbocycles. The van der Waals surface area contributed by atoms with Crippen molar-refractivity contribution in [3.63, 3.8) is 0 Å². The van der Waals surface area contributed by atoms with E-state index in [1.165, 1.54) is 4.57 Å². The van der Waals surface area contributed by atoms with Crippen LogP contribution in [-0.4, -0.2) is 69.0 Å². The van der Waals surface area contributed by atoms with Crippen LogP contribution in [0.2, 0.25) is 54.4 Å². The summed E-state index contributed by atoms with van der Waals surface area (Å²) in [5.74, 6) is 0.0586. The molecule has 0 spiro atoms. The van der Waals surface area contributed by atoms with Crippen molar-refractivity contribution in [2.75, 3.05) is 12.3 Å². The summed E-state index contributed by atoms with van der Waals surface area (Å²) in [6.45, 7) is 34.0. The monoisotopic (exact) mass is 779 g/mol. The molecule has 0 saturated carbocycles. The molecule has 4 rings (SSSR count). The number of anilines is 1. The van der Waals surface area contributed by atoms with Gasteiger partial charge in [0, 0.05) is 4.47 Å². The van der Waals surface area contributed by atoms with Gasteiger partial charge in [-0.2, -0.15) is 4.98 Å². The molecule has 10 nitrogen and oxygen atoms in total. The number of nitrogens with two attached hydrogens (primary N) is 1. The number of hydrogen-bond donors (Lipinski definition) is 1. The van der Waals surface area contributed by atoms with E-state index in [1.54, 1.807) is 6.33 Å². The van der Waals surface area contributed by atoms with E-state index in [0.29, 0.717) is 17.9 Å². The van der Waals surface area contributed by atoms with Crippen LogP contribution in [0.4, 0.5) is 5.95 Å². The van der Waals surface area contributed by atoms with Crippen LogP contribution < -0.4 is 11.3 Å². The molecule has 3 heterocycles. The van der Waals surface area contributed by atoms with E-state index in [-0.39, 0.29) is 32.1 Å². The largest absolute Gasteiger partial charge is 0.414 e. The second kappa shape index (κ2) is 13.1. The average Bonchev–Trinajstić information content (AvgIpc) is 3.47. The summed E-state index contributed by atoms with van der Waals surface area (Å²) in [5, 5.41) is -0.102. The highest BCUT2D eigenvalue weighted by Crippen LogP contribution is 2.47. The lowest BCUT2D eigenvalue weighted by Gasteiger charge is -2.44. The summed E-state index contributed by atoms with van der Waals surface area (Å²) in [6, 6.07) is 7.33. The van der Waals surface area contributed by atoms with Gasteiger partial charge in [0.25, 0.3) is 5.56 Å². The lowest BCUT2D eigenvalue weighted by molar-refractivity contribution is -0.0470. The third-order valence-electron chi connectivity index (χ3n) is 11.2. The molecule has 1 aliphatic rings. The van der Waals surface area contributed by atoms with Crippen molar-refractivity contribution < 1.29 is 18.0 Å². The Hall–Kier alpha value is -1.66. The molecular weight excluding hydrogens is 723 g/mol. The van der Waals surface area contributed by atoms with Gasteiger partial charge in [-0.1, -0.05) is 78.2 Å². The molecular formula is C34H58BrN5O5Si3. The van der Waals surface area contributed by atoms with Gasteiger partial charge in [-0.25, -0.2) is 9.55 Å². The number of aromatic nitrogens is 4. The minimum atomic E-state index is -2.38. The Labute approximate surface area is 298 Å². The fraction of sp³-hybridized carbons (Fsp3) is 0.676. The Morgan fingerprint density at radius 1 is 0.833 bits per heavy atom. The number of halogens is 1. The molecule has 48 heavy (non-hydrogen) atoms. The van der Waals surface area contributed by atoms with Crippen LogP contribution >= 0.6 is 15.9 Å². The van der Waals surface area contributed by atoms with Crippen molar-refractivity contribution in [3.05, 3.63) is 45.4 Å². The molecule has 14 heteroatoms. The first-order valence-electron chi connectivity index (χ1n) is 16.8. The van der Waals surface area contributed by atoms with Gasteiger partial charge in [0.15, 0.2) is 42.3 Å². The van der Waals surface area contributed by atoms with Gasteiger partial charge in [-0.3, -0.25) is 9.36 Å². The van der Waals surface area contributed by atoms with Gasteiger partial charge in [-0.15, -0.1) is 0 Å². The van der Waals surface area contributed by atoms with Crippen molar-refractivity contribution in [1.82, 2.24) is 19.1 Å². The SMILES string of the molecule is CC(C)(C)[Si](C)(C)OC[C@H]1O[C@@H](n2cnc3c(=O)n(-c4ccc(Br)cc4)c(N)nc32)[C@H](O[Si](C)(C)C(C)(C)C)[C@@H]1O[Si](C)(C)C(C)(C)C. The number of rotatable bonds is 9. The molecule has 1 aromatic carbocycles. The molecule has 1 fully saturated rings. The van der Waals surface area contributed by atoms with Crippen LogP contribution in [0.5, 0.6) is 0 Å². The first kappa shape index (κ1) is 39.1. The third-order valence-corrected chi connectivity index (χ3v) is 25.1. The fourth-order valence-electron chi connectivity index (χ4n) is 4.89. The van der Waals surface area contributed by atoms with Gasteiger partial charge in [0.05, 0.1) is 18.6 Å². The molecule has 3 aromatic rings. The van der Waals surface area contributed by atoms with Crippen LogP contribution in [0.1, 0.15) is 68.5 Å². The highest BCUT2D eigenvalue weighted by atomic mass is 79.9. The van der Waals surface area contributed by atoms with E-state index >= 15 is 0 Å². The third kappa shape index (κ3) is 7.65. The Balaban J connectivity index is 1.89. The van der Waals surface area contributed by atoms with E-state index < -0.39 is 49.5 Å². The van der Waals surface area contributed by atoms with Gasteiger partial charge < -0.3 is 23.7 Å². The minimum Gasteiger partial charge on any atom is -0.414 e. The van der Waals surface area contributed by atoms with Crippen LogP contribution in [-0.2, 0) is 18.0 Å². The van der Waals surface area contributed by atoms with E-state index in [9.17, 15) is 4.79 Å². The first-order valence-corrected chi connectivity index (χ1v) is 26.4. The van der Waals surface area contributed by atoms with Crippen LogP contribution in [0.3, 0.4) is 0 Å². The summed E-state index contributed by atoms with van der Waals surface area (Å²) in [5.41, 5.74) is 7.29. The average molecular weight is 781 g/mol. The van der Waals surface area contributed by atoms with Crippen LogP contribution in [0.15, 0.2) is 39.9 Å². The molecule has 0 amide bonds. The minimum absolute atomic E-state index is 0.0224. The quantitative estimate of drug-likeness (QED) is 0.215. The smallest absolute Gasteiger partial charge is 0.287 e. The van der Waals surface area contributed by atoms with Gasteiger partial charge >= 0.3 is 0 Å². The predicted molar refractivity (Wildman–Crippen MR) is 206 cm³/mol. The number of hydrogen-bond acceptors (Lipinski definition) is 8. The predicted octanol–water partition coefficient (Wildman–Crippen LogP) is 8.63. The lowest BCUT2D eigenvalue weighted by atomic mass is 10.1. The second-order valence-electron chi connectivity index (χ2n) is 17.7. The van der Waals surface area contributed by atoms with Gasteiger partial charge in [0.1, 0.15) is 18.3 Å². The highest BCUT2D eigenvalue weighted by Gasteiger charge is 2.55. The molecule has 0 bridgehead atoms. The Morgan fingerprint density at radius 2 is 1.33 bits per heavy atom. The fourth-order valence-corrected chi connectivity index (χ4v) is 8.77. The number of ether oxygens (including phenoxy) is 1. The second-order valence-corrected chi connectivity index (χ2v) is 33.0. The summed E-state index contributed by atoms with van der Waals surface area (Å²) in [4.78, 5) is 23.2. The Bertz CT molecular complexity index is 1670. The number of fused-ring (bicyclic) bond motifs is 1. The van der Waals surface area contributed by atoms with Crippen LogP contribution in [0, 0.1) is 0 Å². The van der Waals surface area contributed by atoms with E-state index in [2.05, 4.69) is 123 Å². The summed E-state index contributed by atoms with van der Waals surface area (Å²) in [7, 11) is -6.84. The molecule has 2 aromatic heterocycles. The van der Waals surface area contributed by atoms with Crippen molar-refractivity contribution in [3.8, 4) is 5.69 Å². The van der Waals surface area contributed by atoms with Crippen molar-refractivity contribution in [2.45, 2.75) is 141 Å². The van der Waals surface area contributed by atoms with Crippen molar-refractivity contribution >= 4 is 58.0 Å². The zero-order valence-corrected chi connectivity index (χ0v) is 36.3. The zero-order valence-electron chi connectivity index (χ0n) is 31.7. The number of benzene rings is 1. The highest BCUT2D eigenvalue weighted by molar-refractivity contribution is 9.10. The van der Waals surface area contributed by atoms with E-state index in [4.69, 9.17) is 28.7 Å². The molecule has 1 aliphatic heterocycles. The summed E-state index contributed by atoms with van der Waals surface area (Å²) in [6.07, 6.45) is -0.417. The number of nitrogens with zero attached hydrogens (tertiary/aromatic N) is 4. The maximum atomic E-state index is 13.9. The maximum absolute atomic E-state index is 13.9. The van der Waals surface area contributed by atoms with Crippen molar-refractivity contribution in [2.24, 2.45) is 0 Å². The van der Waals surface area contributed by atoms with E-state index in [1.807, 2.05) is 28.8 Å². The summed E-state index contributed by atoms with van der Waals surface area (Å²) < 4.78 is 32.4. The summed E-state index contributed by atoms with van der Waals surface area (Å²) >= 11 is 3.46.